The van der Waals surface area contributed by atoms with Crippen LogP contribution in [0.4, 0.5) is 0 Å². The monoisotopic (exact) mass is 211 g/mol. The summed E-state index contributed by atoms with van der Waals surface area (Å²) in [6.45, 7) is 7.15. The molecule has 0 aromatic rings. The van der Waals surface area contributed by atoms with Gasteiger partial charge in [0.05, 0.1) is 18.9 Å². The Labute approximate surface area is 89.8 Å². The summed E-state index contributed by atoms with van der Waals surface area (Å²) in [5.74, 6) is -0.221. The molecule has 0 spiro atoms. The summed E-state index contributed by atoms with van der Waals surface area (Å²) in [5.41, 5.74) is 0.576. The summed E-state index contributed by atoms with van der Waals surface area (Å²) in [6.07, 6.45) is 2.43. The molecule has 2 aliphatic rings. The number of morpholine rings is 1. The molecule has 0 N–H and O–H groups in total. The summed E-state index contributed by atoms with van der Waals surface area (Å²) >= 11 is 0. The van der Waals surface area contributed by atoms with Crippen LogP contribution >= 0.6 is 0 Å². The van der Waals surface area contributed by atoms with Crippen LogP contribution in [-0.4, -0.2) is 42.8 Å². The zero-order valence-corrected chi connectivity index (χ0v) is 9.28. The number of esters is 1. The number of rotatable bonds is 2. The highest BCUT2D eigenvalue weighted by molar-refractivity contribution is 5.86. The van der Waals surface area contributed by atoms with Crippen LogP contribution < -0.4 is 0 Å². The fourth-order valence-electron chi connectivity index (χ4n) is 2.05. The molecule has 1 atom stereocenters. The van der Waals surface area contributed by atoms with E-state index in [1.54, 1.807) is 6.08 Å². The highest BCUT2D eigenvalue weighted by Crippen LogP contribution is 2.33. The SMILES string of the molecule is CCC1(C)OC(=O)C=C1N1CCOCC1. The molecule has 0 aromatic carbocycles. The van der Waals surface area contributed by atoms with Gasteiger partial charge in [-0.05, 0) is 13.3 Å². The van der Waals surface area contributed by atoms with Crippen LogP contribution in [0, 0.1) is 0 Å². The van der Waals surface area contributed by atoms with E-state index in [0.29, 0.717) is 0 Å². The standard InChI is InChI=1S/C11H17NO3/c1-3-11(2)9(8-10(13)15-11)12-4-6-14-7-5-12/h8H,3-7H2,1-2H3. The topological polar surface area (TPSA) is 38.8 Å². The number of ether oxygens (including phenoxy) is 2. The zero-order valence-electron chi connectivity index (χ0n) is 9.28. The number of nitrogens with zero attached hydrogens (tertiary/aromatic N) is 1. The summed E-state index contributed by atoms with van der Waals surface area (Å²) in [5, 5.41) is 0. The van der Waals surface area contributed by atoms with E-state index in [9.17, 15) is 4.79 Å². The minimum Gasteiger partial charge on any atom is -0.450 e. The third-order valence-corrected chi connectivity index (χ3v) is 3.15. The van der Waals surface area contributed by atoms with Crippen LogP contribution in [0.3, 0.4) is 0 Å². The lowest BCUT2D eigenvalue weighted by Gasteiger charge is -2.36. The molecule has 84 valence electrons. The molecule has 1 unspecified atom stereocenters. The summed E-state index contributed by atoms with van der Waals surface area (Å²) in [6, 6.07) is 0. The zero-order chi connectivity index (χ0) is 10.9. The molecule has 1 saturated heterocycles. The third-order valence-electron chi connectivity index (χ3n) is 3.15. The fraction of sp³-hybridized carbons (Fsp3) is 0.727. The lowest BCUT2D eigenvalue weighted by molar-refractivity contribution is -0.146. The van der Waals surface area contributed by atoms with Crippen LogP contribution in [-0.2, 0) is 14.3 Å². The molecule has 0 aromatic heterocycles. The van der Waals surface area contributed by atoms with E-state index in [1.807, 2.05) is 13.8 Å². The van der Waals surface area contributed by atoms with Crippen LogP contribution in [0.1, 0.15) is 20.3 Å². The van der Waals surface area contributed by atoms with Gasteiger partial charge in [0.2, 0.25) is 0 Å². The van der Waals surface area contributed by atoms with E-state index < -0.39 is 5.60 Å². The van der Waals surface area contributed by atoms with Crippen molar-refractivity contribution in [3.05, 3.63) is 11.8 Å². The van der Waals surface area contributed by atoms with Crippen molar-refractivity contribution in [2.75, 3.05) is 26.3 Å². The highest BCUT2D eigenvalue weighted by atomic mass is 16.6. The molecule has 15 heavy (non-hydrogen) atoms. The van der Waals surface area contributed by atoms with Gasteiger partial charge in [0.15, 0.2) is 0 Å². The first-order valence-corrected chi connectivity index (χ1v) is 5.43. The van der Waals surface area contributed by atoms with Crippen LogP contribution in [0.2, 0.25) is 0 Å². The Hall–Kier alpha value is -1.03. The van der Waals surface area contributed by atoms with Crippen LogP contribution in [0.15, 0.2) is 11.8 Å². The smallest absolute Gasteiger partial charge is 0.333 e. The van der Waals surface area contributed by atoms with E-state index in [2.05, 4.69) is 4.90 Å². The second-order valence-corrected chi connectivity index (χ2v) is 4.13. The fourth-order valence-corrected chi connectivity index (χ4v) is 2.05. The first-order valence-electron chi connectivity index (χ1n) is 5.43. The van der Waals surface area contributed by atoms with Crippen molar-refractivity contribution >= 4 is 5.97 Å². The Morgan fingerprint density at radius 1 is 1.47 bits per heavy atom. The lowest BCUT2D eigenvalue weighted by atomic mass is 9.98. The number of cyclic esters (lactones) is 1. The van der Waals surface area contributed by atoms with Crippen LogP contribution in [0.5, 0.6) is 0 Å². The van der Waals surface area contributed by atoms with Gasteiger partial charge in [0.1, 0.15) is 5.60 Å². The van der Waals surface area contributed by atoms with Crippen molar-refractivity contribution in [3.63, 3.8) is 0 Å². The van der Waals surface area contributed by atoms with Crippen molar-refractivity contribution in [2.45, 2.75) is 25.9 Å². The predicted octanol–water partition coefficient (Wildman–Crippen LogP) is 0.928. The first-order chi connectivity index (χ1) is 7.15. The number of hydrogen-bond donors (Lipinski definition) is 0. The molecule has 2 heterocycles. The van der Waals surface area contributed by atoms with Crippen molar-refractivity contribution in [3.8, 4) is 0 Å². The molecule has 2 aliphatic heterocycles. The largest absolute Gasteiger partial charge is 0.450 e. The van der Waals surface area contributed by atoms with Gasteiger partial charge in [-0.2, -0.15) is 0 Å². The van der Waals surface area contributed by atoms with Crippen molar-refractivity contribution in [2.24, 2.45) is 0 Å². The van der Waals surface area contributed by atoms with Gasteiger partial charge < -0.3 is 14.4 Å². The minimum absolute atomic E-state index is 0.221. The number of hydrogen-bond acceptors (Lipinski definition) is 4. The average Bonchev–Trinajstić information content (AvgIpc) is 2.56. The predicted molar refractivity (Wildman–Crippen MR) is 55.3 cm³/mol. The van der Waals surface area contributed by atoms with Gasteiger partial charge in [0, 0.05) is 19.2 Å². The van der Waals surface area contributed by atoms with E-state index in [-0.39, 0.29) is 5.97 Å². The normalized spacial score (nSPS) is 31.5. The maximum Gasteiger partial charge on any atom is 0.333 e. The Morgan fingerprint density at radius 3 is 2.73 bits per heavy atom. The van der Waals surface area contributed by atoms with E-state index in [1.165, 1.54) is 0 Å². The minimum atomic E-state index is -0.436. The van der Waals surface area contributed by atoms with E-state index in [4.69, 9.17) is 9.47 Å². The van der Waals surface area contributed by atoms with Gasteiger partial charge in [-0.3, -0.25) is 0 Å². The number of carbonyl (C=O) groups excluding carboxylic acids is 1. The van der Waals surface area contributed by atoms with Crippen molar-refractivity contribution < 1.29 is 14.3 Å². The molecule has 0 bridgehead atoms. The van der Waals surface area contributed by atoms with Gasteiger partial charge in [-0.25, -0.2) is 4.79 Å². The Bertz CT molecular complexity index is 294. The van der Waals surface area contributed by atoms with Crippen molar-refractivity contribution in [1.82, 2.24) is 4.90 Å². The summed E-state index contributed by atoms with van der Waals surface area (Å²) in [7, 11) is 0. The molecule has 0 aliphatic carbocycles. The molecule has 4 nitrogen and oxygen atoms in total. The lowest BCUT2D eigenvalue weighted by Crippen LogP contribution is -2.42. The second-order valence-electron chi connectivity index (χ2n) is 4.13. The molecule has 0 saturated carbocycles. The summed E-state index contributed by atoms with van der Waals surface area (Å²) < 4.78 is 10.6. The van der Waals surface area contributed by atoms with E-state index >= 15 is 0 Å². The molecular weight excluding hydrogens is 194 g/mol. The maximum absolute atomic E-state index is 11.3. The van der Waals surface area contributed by atoms with Gasteiger partial charge in [0.25, 0.3) is 0 Å². The van der Waals surface area contributed by atoms with Gasteiger partial charge in [-0.15, -0.1) is 0 Å². The molecule has 0 radical (unpaired) electrons. The third kappa shape index (κ3) is 1.86. The average molecular weight is 211 g/mol. The molecular formula is C11H17NO3. The molecule has 2 rings (SSSR count). The summed E-state index contributed by atoms with van der Waals surface area (Å²) in [4.78, 5) is 13.5. The number of carbonyl (C=O) groups is 1. The molecule has 4 heteroatoms. The molecule has 1 fully saturated rings. The molecule has 0 amide bonds. The van der Waals surface area contributed by atoms with Crippen molar-refractivity contribution in [1.29, 1.82) is 0 Å². The van der Waals surface area contributed by atoms with E-state index in [0.717, 1.165) is 38.4 Å². The highest BCUT2D eigenvalue weighted by Gasteiger charge is 2.40. The van der Waals surface area contributed by atoms with Gasteiger partial charge in [-0.1, -0.05) is 6.92 Å². The maximum atomic E-state index is 11.3. The Morgan fingerprint density at radius 2 is 2.13 bits per heavy atom. The van der Waals surface area contributed by atoms with Crippen LogP contribution in [0.25, 0.3) is 0 Å². The quantitative estimate of drug-likeness (QED) is 0.637. The van der Waals surface area contributed by atoms with Gasteiger partial charge >= 0.3 is 5.97 Å². The second kappa shape index (κ2) is 3.85. The first kappa shape index (κ1) is 10.5. The Kier molecular flexibility index (Phi) is 2.69. The Balaban J connectivity index is 2.18.